The lowest BCUT2D eigenvalue weighted by Gasteiger charge is -2.17. The zero-order chi connectivity index (χ0) is 12.3. The van der Waals surface area contributed by atoms with Crippen LogP contribution in [0.15, 0.2) is 18.2 Å². The van der Waals surface area contributed by atoms with Crippen molar-refractivity contribution in [3.05, 3.63) is 28.8 Å². The average Bonchev–Trinajstić information content (AvgIpc) is 2.74. The van der Waals surface area contributed by atoms with Crippen LogP contribution in [0.4, 0.5) is 0 Å². The highest BCUT2D eigenvalue weighted by Crippen LogP contribution is 2.29. The predicted octanol–water partition coefficient (Wildman–Crippen LogP) is 3.55. The Morgan fingerprint density at radius 2 is 2.12 bits per heavy atom. The van der Waals surface area contributed by atoms with Gasteiger partial charge in [0.15, 0.2) is 0 Å². The van der Waals surface area contributed by atoms with Crippen LogP contribution in [0.2, 0.25) is 5.02 Å². The van der Waals surface area contributed by atoms with Gasteiger partial charge in [0.1, 0.15) is 5.75 Å². The summed E-state index contributed by atoms with van der Waals surface area (Å²) in [5, 5.41) is 0.749. The van der Waals surface area contributed by atoms with Gasteiger partial charge in [0.05, 0.1) is 6.10 Å². The molecule has 2 nitrogen and oxygen atoms in total. The predicted molar refractivity (Wildman–Crippen MR) is 71.7 cm³/mol. The van der Waals surface area contributed by atoms with E-state index in [0.29, 0.717) is 6.10 Å². The Balaban J connectivity index is 2.13. The second-order valence-electron chi connectivity index (χ2n) is 4.96. The maximum Gasteiger partial charge on any atom is 0.123 e. The zero-order valence-electron chi connectivity index (χ0n) is 10.3. The maximum atomic E-state index is 6.05. The summed E-state index contributed by atoms with van der Waals surface area (Å²) in [6.45, 7) is 2.00. The van der Waals surface area contributed by atoms with Gasteiger partial charge < -0.3 is 10.5 Å². The Labute approximate surface area is 108 Å². The number of hydrogen-bond donors (Lipinski definition) is 1. The molecule has 0 spiro atoms. The van der Waals surface area contributed by atoms with E-state index in [-0.39, 0.29) is 6.04 Å². The molecule has 1 aliphatic rings. The second-order valence-corrected chi connectivity index (χ2v) is 5.39. The molecule has 1 fully saturated rings. The molecule has 1 atom stereocenters. The van der Waals surface area contributed by atoms with Crippen molar-refractivity contribution in [2.45, 2.75) is 51.2 Å². The van der Waals surface area contributed by atoms with Gasteiger partial charge >= 0.3 is 0 Å². The van der Waals surface area contributed by atoms with E-state index >= 15 is 0 Å². The summed E-state index contributed by atoms with van der Waals surface area (Å²) < 4.78 is 6.05. The molecular weight excluding hydrogens is 234 g/mol. The SMILES string of the molecule is CC(N)Cc1cc(Cl)ccc1OC1CCCC1. The van der Waals surface area contributed by atoms with Crippen LogP contribution in [0.3, 0.4) is 0 Å². The summed E-state index contributed by atoms with van der Waals surface area (Å²) in [4.78, 5) is 0. The maximum absolute atomic E-state index is 6.05. The standard InChI is InChI=1S/C14H20ClNO/c1-10(16)8-11-9-12(15)6-7-14(11)17-13-4-2-3-5-13/h6-7,9-10,13H,2-5,8,16H2,1H3. The van der Waals surface area contributed by atoms with Gasteiger partial charge in [-0.2, -0.15) is 0 Å². The van der Waals surface area contributed by atoms with Crippen molar-refractivity contribution in [2.75, 3.05) is 0 Å². The van der Waals surface area contributed by atoms with Crippen LogP contribution < -0.4 is 10.5 Å². The largest absolute Gasteiger partial charge is 0.490 e. The topological polar surface area (TPSA) is 35.2 Å². The third-order valence-corrected chi connectivity index (χ3v) is 3.40. The molecule has 3 heteroatoms. The molecule has 0 aliphatic heterocycles. The molecule has 0 aromatic heterocycles. The smallest absolute Gasteiger partial charge is 0.123 e. The van der Waals surface area contributed by atoms with Crippen LogP contribution in [-0.2, 0) is 6.42 Å². The number of rotatable bonds is 4. The molecule has 1 saturated carbocycles. The fourth-order valence-electron chi connectivity index (χ4n) is 2.36. The lowest BCUT2D eigenvalue weighted by Crippen LogP contribution is -2.19. The molecule has 2 rings (SSSR count). The first kappa shape index (κ1) is 12.7. The van der Waals surface area contributed by atoms with Crippen LogP contribution in [0.1, 0.15) is 38.2 Å². The monoisotopic (exact) mass is 253 g/mol. The first-order valence-corrected chi connectivity index (χ1v) is 6.73. The minimum Gasteiger partial charge on any atom is -0.490 e. The normalized spacial score (nSPS) is 18.3. The number of nitrogens with two attached hydrogens (primary N) is 1. The van der Waals surface area contributed by atoms with Gasteiger partial charge in [0.2, 0.25) is 0 Å². The van der Waals surface area contributed by atoms with E-state index in [1.807, 2.05) is 25.1 Å². The second kappa shape index (κ2) is 5.74. The summed E-state index contributed by atoms with van der Waals surface area (Å²) in [5.41, 5.74) is 6.98. The average molecular weight is 254 g/mol. The lowest BCUT2D eigenvalue weighted by molar-refractivity contribution is 0.207. The fraction of sp³-hybridized carbons (Fsp3) is 0.571. The van der Waals surface area contributed by atoms with Crippen LogP contribution in [0.25, 0.3) is 0 Å². The van der Waals surface area contributed by atoms with Crippen molar-refractivity contribution in [1.29, 1.82) is 0 Å². The minimum atomic E-state index is 0.124. The number of benzene rings is 1. The zero-order valence-corrected chi connectivity index (χ0v) is 11.0. The highest BCUT2D eigenvalue weighted by Gasteiger charge is 2.18. The summed E-state index contributed by atoms with van der Waals surface area (Å²) in [7, 11) is 0. The van der Waals surface area contributed by atoms with Crippen LogP contribution >= 0.6 is 11.6 Å². The van der Waals surface area contributed by atoms with Gasteiger partial charge in [0, 0.05) is 11.1 Å². The van der Waals surface area contributed by atoms with Gasteiger partial charge in [-0.1, -0.05) is 11.6 Å². The minimum absolute atomic E-state index is 0.124. The lowest BCUT2D eigenvalue weighted by atomic mass is 10.1. The van der Waals surface area contributed by atoms with Gasteiger partial charge in [-0.3, -0.25) is 0 Å². The van der Waals surface area contributed by atoms with Gasteiger partial charge in [0.25, 0.3) is 0 Å². The number of halogens is 1. The van der Waals surface area contributed by atoms with E-state index in [1.54, 1.807) is 0 Å². The Morgan fingerprint density at radius 3 is 2.76 bits per heavy atom. The molecule has 94 valence electrons. The number of ether oxygens (including phenoxy) is 1. The molecule has 0 heterocycles. The number of hydrogen-bond acceptors (Lipinski definition) is 2. The third-order valence-electron chi connectivity index (χ3n) is 3.16. The summed E-state index contributed by atoms with van der Waals surface area (Å²) in [6.07, 6.45) is 6.08. The van der Waals surface area contributed by atoms with E-state index < -0.39 is 0 Å². The van der Waals surface area contributed by atoms with Gasteiger partial charge in [-0.15, -0.1) is 0 Å². The van der Waals surface area contributed by atoms with Gasteiger partial charge in [-0.05, 0) is 62.8 Å². The molecule has 17 heavy (non-hydrogen) atoms. The van der Waals surface area contributed by atoms with E-state index in [4.69, 9.17) is 22.1 Å². The third kappa shape index (κ3) is 3.62. The van der Waals surface area contributed by atoms with Crippen molar-refractivity contribution in [3.63, 3.8) is 0 Å². The Kier molecular flexibility index (Phi) is 4.30. The summed E-state index contributed by atoms with van der Waals surface area (Å²) >= 11 is 6.02. The van der Waals surface area contributed by atoms with Crippen molar-refractivity contribution in [2.24, 2.45) is 5.73 Å². The summed E-state index contributed by atoms with van der Waals surface area (Å²) in [5.74, 6) is 0.957. The highest BCUT2D eigenvalue weighted by molar-refractivity contribution is 6.30. The van der Waals surface area contributed by atoms with Crippen molar-refractivity contribution < 1.29 is 4.74 Å². The van der Waals surface area contributed by atoms with E-state index in [2.05, 4.69) is 0 Å². The molecule has 2 N–H and O–H groups in total. The Hall–Kier alpha value is -0.730. The molecule has 1 aromatic rings. The molecule has 1 aromatic carbocycles. The first-order valence-electron chi connectivity index (χ1n) is 6.36. The molecule has 0 bridgehead atoms. The van der Waals surface area contributed by atoms with Crippen molar-refractivity contribution in [3.8, 4) is 5.75 Å². The van der Waals surface area contributed by atoms with Crippen molar-refractivity contribution in [1.82, 2.24) is 0 Å². The van der Waals surface area contributed by atoms with Crippen LogP contribution in [0, 0.1) is 0 Å². The quantitative estimate of drug-likeness (QED) is 0.891. The molecule has 1 aliphatic carbocycles. The molecule has 0 saturated heterocycles. The fourth-order valence-corrected chi connectivity index (χ4v) is 2.55. The van der Waals surface area contributed by atoms with Crippen LogP contribution in [0.5, 0.6) is 5.75 Å². The first-order chi connectivity index (χ1) is 8.15. The molecule has 0 radical (unpaired) electrons. The van der Waals surface area contributed by atoms with Crippen molar-refractivity contribution >= 4 is 11.6 Å². The molecule has 1 unspecified atom stereocenters. The van der Waals surface area contributed by atoms with E-state index in [9.17, 15) is 0 Å². The summed E-state index contributed by atoms with van der Waals surface area (Å²) in [6, 6.07) is 5.95. The van der Waals surface area contributed by atoms with Gasteiger partial charge in [-0.25, -0.2) is 0 Å². The molecule has 0 amide bonds. The molecular formula is C14H20ClNO. The van der Waals surface area contributed by atoms with E-state index in [0.717, 1.165) is 22.8 Å². The van der Waals surface area contributed by atoms with Crippen LogP contribution in [-0.4, -0.2) is 12.1 Å². The Bertz CT molecular complexity index is 372. The van der Waals surface area contributed by atoms with E-state index in [1.165, 1.54) is 25.7 Å². The highest BCUT2D eigenvalue weighted by atomic mass is 35.5. The Morgan fingerprint density at radius 1 is 1.41 bits per heavy atom.